The molecule has 3 rings (SSSR count). The highest BCUT2D eigenvalue weighted by Gasteiger charge is 2.40. The van der Waals surface area contributed by atoms with Gasteiger partial charge in [-0.15, -0.1) is 23.1 Å². The molecule has 0 N–H and O–H groups in total. The molecule has 1 fully saturated rings. The molecule has 1 saturated heterocycles. The number of aryl methyl sites for hydroxylation is 1. The maximum Gasteiger partial charge on any atom is 0.242 e. The molecule has 0 spiro atoms. The zero-order chi connectivity index (χ0) is 13.4. The number of rotatable bonds is 2. The molecule has 2 atom stereocenters. The van der Waals surface area contributed by atoms with Gasteiger partial charge >= 0.3 is 0 Å². The van der Waals surface area contributed by atoms with E-state index in [9.17, 15) is 4.79 Å². The number of anilines is 1. The molecule has 2 heterocycles. The Morgan fingerprint density at radius 3 is 2.63 bits per heavy atom. The lowest BCUT2D eigenvalue weighted by Gasteiger charge is -2.21. The van der Waals surface area contributed by atoms with Crippen LogP contribution >= 0.6 is 23.1 Å². The monoisotopic (exact) mass is 290 g/mol. The summed E-state index contributed by atoms with van der Waals surface area (Å²) >= 11 is 3.25. The summed E-state index contributed by atoms with van der Waals surface area (Å²) in [6, 6.07) is 10.1. The molecule has 0 unspecified atom stereocenters. The van der Waals surface area contributed by atoms with E-state index >= 15 is 0 Å². The molecule has 19 heavy (non-hydrogen) atoms. The first-order chi connectivity index (χ1) is 9.16. The smallest absolute Gasteiger partial charge is 0.242 e. The third-order valence-corrected chi connectivity index (χ3v) is 5.32. The van der Waals surface area contributed by atoms with Gasteiger partial charge in [-0.05, 0) is 19.4 Å². The van der Waals surface area contributed by atoms with E-state index in [2.05, 4.69) is 17.1 Å². The Bertz CT molecular complexity index is 597. The molecule has 0 radical (unpaired) electrons. The van der Waals surface area contributed by atoms with Crippen LogP contribution in [0.1, 0.15) is 22.7 Å². The Kier molecular flexibility index (Phi) is 3.33. The van der Waals surface area contributed by atoms with Gasteiger partial charge in [-0.2, -0.15) is 0 Å². The second-order valence-electron chi connectivity index (χ2n) is 4.50. The van der Waals surface area contributed by atoms with Crippen molar-refractivity contribution in [3.63, 3.8) is 0 Å². The van der Waals surface area contributed by atoms with E-state index in [-0.39, 0.29) is 16.5 Å². The lowest BCUT2D eigenvalue weighted by molar-refractivity contribution is -0.117. The molecule has 3 nitrogen and oxygen atoms in total. The first kappa shape index (κ1) is 12.7. The molecule has 1 aromatic carbocycles. The number of benzene rings is 1. The molecule has 1 amide bonds. The summed E-state index contributed by atoms with van der Waals surface area (Å²) in [5, 5.41) is 0.817. The van der Waals surface area contributed by atoms with Gasteiger partial charge in [0.1, 0.15) is 5.37 Å². The number of hydrogen-bond acceptors (Lipinski definition) is 4. The molecular formula is C14H14N2OS2. The van der Waals surface area contributed by atoms with Gasteiger partial charge in [-0.3, -0.25) is 9.69 Å². The molecule has 98 valence electrons. The Morgan fingerprint density at radius 2 is 2.00 bits per heavy atom. The van der Waals surface area contributed by atoms with Gasteiger partial charge in [0.25, 0.3) is 0 Å². The van der Waals surface area contributed by atoms with Crippen LogP contribution in [0.5, 0.6) is 0 Å². The lowest BCUT2D eigenvalue weighted by atomic mass is 10.2. The molecular weight excluding hydrogens is 276 g/mol. The van der Waals surface area contributed by atoms with Crippen molar-refractivity contribution >= 4 is 34.1 Å². The fraction of sp³-hybridized carbons (Fsp3) is 0.286. The number of aromatic nitrogens is 1. The van der Waals surface area contributed by atoms with Crippen LogP contribution in [0.4, 0.5) is 5.13 Å². The first-order valence-electron chi connectivity index (χ1n) is 6.13. The maximum atomic E-state index is 12.4. The van der Waals surface area contributed by atoms with Crippen molar-refractivity contribution in [2.24, 2.45) is 0 Å². The van der Waals surface area contributed by atoms with Crippen LogP contribution in [0.25, 0.3) is 0 Å². The fourth-order valence-corrected chi connectivity index (χ4v) is 4.23. The molecule has 1 aromatic heterocycles. The minimum Gasteiger partial charge on any atom is -0.273 e. The number of thiazole rings is 1. The van der Waals surface area contributed by atoms with E-state index in [4.69, 9.17) is 0 Å². The number of carbonyl (C=O) groups excluding carboxylic acids is 1. The van der Waals surface area contributed by atoms with E-state index in [1.54, 1.807) is 23.1 Å². The van der Waals surface area contributed by atoms with Crippen LogP contribution in [0, 0.1) is 6.92 Å². The summed E-state index contributed by atoms with van der Waals surface area (Å²) in [5.41, 5.74) is 1.15. The Hall–Kier alpha value is -1.33. The second-order valence-corrected chi connectivity index (χ2v) is 7.14. The number of nitrogens with zero attached hydrogens (tertiary/aromatic N) is 2. The minimum atomic E-state index is -0.0191. The molecule has 1 aliphatic heterocycles. The predicted octanol–water partition coefficient (Wildman–Crippen LogP) is 3.62. The number of carbonyl (C=O) groups is 1. The topological polar surface area (TPSA) is 33.2 Å². The summed E-state index contributed by atoms with van der Waals surface area (Å²) in [7, 11) is 0. The zero-order valence-corrected chi connectivity index (χ0v) is 12.4. The van der Waals surface area contributed by atoms with Crippen LogP contribution < -0.4 is 4.90 Å². The third kappa shape index (κ3) is 2.28. The zero-order valence-electron chi connectivity index (χ0n) is 10.7. The maximum absolute atomic E-state index is 12.4. The van der Waals surface area contributed by atoms with Crippen molar-refractivity contribution in [1.82, 2.24) is 4.98 Å². The number of thioether (sulfide) groups is 1. The van der Waals surface area contributed by atoms with Gasteiger partial charge in [0.05, 0.1) is 5.25 Å². The van der Waals surface area contributed by atoms with Crippen molar-refractivity contribution < 1.29 is 4.79 Å². The standard InChI is InChI=1S/C14H14N2OS2/c1-9-8-15-14(18-9)16-12(17)10(2)19-13(16)11-6-4-3-5-7-11/h3-8,10,13H,1-2H3/t10-,13-/m1/s1. The van der Waals surface area contributed by atoms with E-state index in [1.807, 2.05) is 43.1 Å². The van der Waals surface area contributed by atoms with Gasteiger partial charge in [0, 0.05) is 11.1 Å². The Morgan fingerprint density at radius 1 is 1.26 bits per heavy atom. The molecule has 0 saturated carbocycles. The largest absolute Gasteiger partial charge is 0.273 e. The normalized spacial score (nSPS) is 23.1. The summed E-state index contributed by atoms with van der Waals surface area (Å²) in [5.74, 6) is 0.146. The lowest BCUT2D eigenvalue weighted by Crippen LogP contribution is -2.29. The van der Waals surface area contributed by atoms with Crippen LogP contribution in [-0.2, 0) is 4.79 Å². The van der Waals surface area contributed by atoms with Crippen LogP contribution in [0.3, 0.4) is 0 Å². The van der Waals surface area contributed by atoms with Gasteiger partial charge in [-0.25, -0.2) is 4.98 Å². The van der Waals surface area contributed by atoms with Crippen LogP contribution in [0.15, 0.2) is 36.5 Å². The second kappa shape index (κ2) is 4.98. The van der Waals surface area contributed by atoms with Gasteiger partial charge in [0.2, 0.25) is 5.91 Å². The van der Waals surface area contributed by atoms with Crippen molar-refractivity contribution in [2.45, 2.75) is 24.5 Å². The number of hydrogen-bond donors (Lipinski definition) is 0. The third-order valence-electron chi connectivity index (χ3n) is 3.05. The average molecular weight is 290 g/mol. The van der Waals surface area contributed by atoms with Crippen molar-refractivity contribution in [2.75, 3.05) is 4.90 Å². The first-order valence-corrected chi connectivity index (χ1v) is 7.88. The van der Waals surface area contributed by atoms with Gasteiger partial charge in [0.15, 0.2) is 5.13 Å². The highest BCUT2D eigenvalue weighted by atomic mass is 32.2. The van der Waals surface area contributed by atoms with E-state index in [0.717, 1.165) is 15.6 Å². The SMILES string of the molecule is Cc1cnc(N2C(=O)[C@@H](C)S[C@@H]2c2ccccc2)s1. The average Bonchev–Trinajstić information content (AvgIpc) is 2.96. The van der Waals surface area contributed by atoms with E-state index in [0.29, 0.717) is 0 Å². The van der Waals surface area contributed by atoms with Crippen LogP contribution in [-0.4, -0.2) is 16.1 Å². The van der Waals surface area contributed by atoms with E-state index < -0.39 is 0 Å². The van der Waals surface area contributed by atoms with Crippen LogP contribution in [0.2, 0.25) is 0 Å². The molecule has 5 heteroatoms. The van der Waals surface area contributed by atoms with Gasteiger partial charge in [-0.1, -0.05) is 30.3 Å². The molecule has 0 aliphatic carbocycles. The van der Waals surface area contributed by atoms with Gasteiger partial charge < -0.3 is 0 Å². The predicted molar refractivity (Wildman–Crippen MR) is 80.6 cm³/mol. The Labute approximate surface area is 120 Å². The van der Waals surface area contributed by atoms with Crippen molar-refractivity contribution in [3.8, 4) is 0 Å². The minimum absolute atomic E-state index is 0.0191. The van der Waals surface area contributed by atoms with Crippen molar-refractivity contribution in [1.29, 1.82) is 0 Å². The molecule has 1 aliphatic rings. The quantitative estimate of drug-likeness (QED) is 0.847. The molecule has 2 aromatic rings. The fourth-order valence-electron chi connectivity index (χ4n) is 2.12. The highest BCUT2D eigenvalue weighted by Crippen LogP contribution is 2.46. The highest BCUT2D eigenvalue weighted by molar-refractivity contribution is 8.01. The summed E-state index contributed by atoms with van der Waals surface area (Å²) in [6.07, 6.45) is 1.82. The van der Waals surface area contributed by atoms with Crippen molar-refractivity contribution in [3.05, 3.63) is 47.0 Å². The number of amides is 1. The summed E-state index contributed by atoms with van der Waals surface area (Å²) in [4.78, 5) is 19.7. The summed E-state index contributed by atoms with van der Waals surface area (Å²) < 4.78 is 0. The summed E-state index contributed by atoms with van der Waals surface area (Å²) in [6.45, 7) is 3.97. The Balaban J connectivity index is 2.01. The van der Waals surface area contributed by atoms with E-state index in [1.165, 1.54) is 0 Å². The molecule has 0 bridgehead atoms.